The van der Waals surface area contributed by atoms with Crippen LogP contribution in [0.15, 0.2) is 36.7 Å². The van der Waals surface area contributed by atoms with E-state index in [1.165, 1.54) is 13.2 Å². The number of imidazole rings is 1. The second-order valence-electron chi connectivity index (χ2n) is 8.15. The largest absolute Gasteiger partial charge is 0.425 e. The molecule has 1 amide bonds. The standard InChI is InChI=1S/C22H30F3N5O2/c1-3-29-10-12-30(13-11-29)16-18-7-5-4-6-17(18)15-27-19(31)14-21(32,22(23,24)25)20-26-8-9-28(20)2/h4-9,32H,3,10-16H2,1-2H3,(H,27,31). The molecule has 1 aromatic heterocycles. The molecule has 32 heavy (non-hydrogen) atoms. The van der Waals surface area contributed by atoms with Crippen molar-refractivity contribution >= 4 is 5.91 Å². The van der Waals surface area contributed by atoms with E-state index in [0.29, 0.717) is 6.54 Å². The molecule has 2 heterocycles. The molecule has 176 valence electrons. The molecule has 1 fully saturated rings. The number of piperazine rings is 1. The maximum atomic E-state index is 13.7. The molecule has 10 heteroatoms. The van der Waals surface area contributed by atoms with Crippen molar-refractivity contribution in [2.75, 3.05) is 32.7 Å². The summed E-state index contributed by atoms with van der Waals surface area (Å²) in [6, 6.07) is 7.56. The third-order valence-corrected chi connectivity index (χ3v) is 5.98. The number of nitrogens with one attached hydrogen (secondary N) is 1. The number of aliphatic hydroxyl groups is 1. The molecule has 0 radical (unpaired) electrons. The summed E-state index contributed by atoms with van der Waals surface area (Å²) < 4.78 is 42.0. The number of aromatic nitrogens is 2. The van der Waals surface area contributed by atoms with E-state index in [4.69, 9.17) is 0 Å². The molecule has 1 atom stereocenters. The number of aryl methyl sites for hydroxylation is 1. The van der Waals surface area contributed by atoms with E-state index in [0.717, 1.165) is 54.6 Å². The molecule has 2 N–H and O–H groups in total. The van der Waals surface area contributed by atoms with Crippen molar-refractivity contribution in [3.05, 3.63) is 53.6 Å². The van der Waals surface area contributed by atoms with E-state index in [9.17, 15) is 23.1 Å². The van der Waals surface area contributed by atoms with Gasteiger partial charge in [-0.1, -0.05) is 31.2 Å². The minimum Gasteiger partial charge on any atom is -0.374 e. The fraction of sp³-hybridized carbons (Fsp3) is 0.545. The zero-order valence-electron chi connectivity index (χ0n) is 18.4. The lowest BCUT2D eigenvalue weighted by atomic mass is 9.97. The van der Waals surface area contributed by atoms with Crippen LogP contribution in [0.1, 0.15) is 30.3 Å². The van der Waals surface area contributed by atoms with Gasteiger partial charge < -0.3 is 19.9 Å². The van der Waals surface area contributed by atoms with Gasteiger partial charge in [-0.25, -0.2) is 4.98 Å². The fourth-order valence-electron chi connectivity index (χ4n) is 3.95. The molecule has 3 rings (SSSR count). The van der Waals surface area contributed by atoms with Gasteiger partial charge in [0.25, 0.3) is 0 Å². The number of carbonyl (C=O) groups excluding carboxylic acids is 1. The Hall–Kier alpha value is -2.43. The van der Waals surface area contributed by atoms with Gasteiger partial charge in [0.1, 0.15) is 0 Å². The smallest absolute Gasteiger partial charge is 0.374 e. The van der Waals surface area contributed by atoms with Gasteiger partial charge in [0.2, 0.25) is 11.5 Å². The van der Waals surface area contributed by atoms with Crippen LogP contribution in [0, 0.1) is 0 Å². The number of hydrogen-bond acceptors (Lipinski definition) is 5. The molecule has 0 spiro atoms. The zero-order valence-corrected chi connectivity index (χ0v) is 18.4. The van der Waals surface area contributed by atoms with Gasteiger partial charge in [-0.2, -0.15) is 13.2 Å². The summed E-state index contributed by atoms with van der Waals surface area (Å²) in [5.41, 5.74) is -1.51. The molecule has 1 aliphatic heterocycles. The SMILES string of the molecule is CCN1CCN(Cc2ccccc2CNC(=O)CC(O)(c2nccn2C)C(F)(F)F)CC1. The summed E-state index contributed by atoms with van der Waals surface area (Å²) in [6.45, 7) is 7.84. The Morgan fingerprint density at radius 3 is 2.31 bits per heavy atom. The lowest BCUT2D eigenvalue weighted by Gasteiger charge is -2.34. The third-order valence-electron chi connectivity index (χ3n) is 5.98. The number of carbonyl (C=O) groups is 1. The van der Waals surface area contributed by atoms with Crippen molar-refractivity contribution in [3.8, 4) is 0 Å². The first-order valence-corrected chi connectivity index (χ1v) is 10.7. The number of benzene rings is 1. The highest BCUT2D eigenvalue weighted by atomic mass is 19.4. The predicted octanol–water partition coefficient (Wildman–Crippen LogP) is 2.01. The number of halogens is 3. The number of likely N-dealkylation sites (N-methyl/N-ethyl adjacent to an activating group) is 1. The maximum absolute atomic E-state index is 13.7. The quantitative estimate of drug-likeness (QED) is 0.640. The van der Waals surface area contributed by atoms with Crippen LogP contribution in [-0.4, -0.2) is 69.3 Å². The first-order chi connectivity index (χ1) is 15.1. The highest BCUT2D eigenvalue weighted by Gasteiger charge is 2.58. The summed E-state index contributed by atoms with van der Waals surface area (Å²) in [5.74, 6) is -1.52. The molecule has 0 bridgehead atoms. The van der Waals surface area contributed by atoms with Crippen LogP contribution in [0.5, 0.6) is 0 Å². The number of nitrogens with zero attached hydrogens (tertiary/aromatic N) is 4. The third kappa shape index (κ3) is 5.48. The molecule has 1 saturated heterocycles. The van der Waals surface area contributed by atoms with E-state index < -0.39 is 29.9 Å². The predicted molar refractivity (Wildman–Crippen MR) is 113 cm³/mol. The summed E-state index contributed by atoms with van der Waals surface area (Å²) in [5, 5.41) is 12.9. The van der Waals surface area contributed by atoms with Crippen molar-refractivity contribution in [2.45, 2.75) is 38.2 Å². The highest BCUT2D eigenvalue weighted by Crippen LogP contribution is 2.40. The van der Waals surface area contributed by atoms with Crippen LogP contribution in [0.2, 0.25) is 0 Å². The van der Waals surface area contributed by atoms with Crippen LogP contribution in [0.3, 0.4) is 0 Å². The van der Waals surface area contributed by atoms with Crippen LogP contribution in [0.4, 0.5) is 13.2 Å². The van der Waals surface area contributed by atoms with Gasteiger partial charge in [-0.05, 0) is 17.7 Å². The van der Waals surface area contributed by atoms with Gasteiger partial charge in [-0.15, -0.1) is 0 Å². The highest BCUT2D eigenvalue weighted by molar-refractivity contribution is 5.77. The molecular weight excluding hydrogens is 423 g/mol. The van der Waals surface area contributed by atoms with Gasteiger partial charge in [-0.3, -0.25) is 9.69 Å². The second kappa shape index (κ2) is 10.0. The van der Waals surface area contributed by atoms with Crippen molar-refractivity contribution < 1.29 is 23.1 Å². The first kappa shape index (κ1) is 24.2. The van der Waals surface area contributed by atoms with Crippen molar-refractivity contribution in [2.24, 2.45) is 7.05 Å². The minimum absolute atomic E-state index is 0.0818. The average molecular weight is 454 g/mol. The summed E-state index contributed by atoms with van der Waals surface area (Å²) in [4.78, 5) is 20.8. The van der Waals surface area contributed by atoms with Gasteiger partial charge in [0.15, 0.2) is 5.82 Å². The Bertz CT molecular complexity index is 909. The zero-order chi connectivity index (χ0) is 23.4. The Labute approximate surface area is 185 Å². The Balaban J connectivity index is 1.64. The molecule has 1 aliphatic rings. The Morgan fingerprint density at radius 1 is 1.12 bits per heavy atom. The summed E-state index contributed by atoms with van der Waals surface area (Å²) in [6.07, 6.45) is -3.77. The number of amides is 1. The van der Waals surface area contributed by atoms with Crippen LogP contribution < -0.4 is 5.32 Å². The summed E-state index contributed by atoms with van der Waals surface area (Å²) >= 11 is 0. The van der Waals surface area contributed by atoms with E-state index in [1.54, 1.807) is 0 Å². The molecule has 0 saturated carbocycles. The van der Waals surface area contributed by atoms with E-state index >= 15 is 0 Å². The number of rotatable bonds is 8. The minimum atomic E-state index is -5.05. The first-order valence-electron chi connectivity index (χ1n) is 10.7. The van der Waals surface area contributed by atoms with Crippen molar-refractivity contribution in [1.29, 1.82) is 0 Å². The molecule has 7 nitrogen and oxygen atoms in total. The second-order valence-corrected chi connectivity index (χ2v) is 8.15. The average Bonchev–Trinajstić information content (AvgIpc) is 3.19. The molecule has 1 aromatic carbocycles. The van der Waals surface area contributed by atoms with Crippen molar-refractivity contribution in [1.82, 2.24) is 24.7 Å². The Morgan fingerprint density at radius 2 is 1.75 bits per heavy atom. The topological polar surface area (TPSA) is 73.6 Å². The van der Waals surface area contributed by atoms with Crippen LogP contribution in [-0.2, 0) is 30.5 Å². The van der Waals surface area contributed by atoms with E-state index in [1.807, 2.05) is 24.3 Å². The lowest BCUT2D eigenvalue weighted by Crippen LogP contribution is -2.47. The fourth-order valence-corrected chi connectivity index (χ4v) is 3.95. The number of hydrogen-bond donors (Lipinski definition) is 2. The molecular formula is C22H30F3N5O2. The molecule has 0 aliphatic carbocycles. The van der Waals surface area contributed by atoms with Crippen LogP contribution >= 0.6 is 0 Å². The molecule has 1 unspecified atom stereocenters. The monoisotopic (exact) mass is 453 g/mol. The Kier molecular flexibility index (Phi) is 7.58. The lowest BCUT2D eigenvalue weighted by molar-refractivity contribution is -0.271. The molecule has 2 aromatic rings. The van der Waals surface area contributed by atoms with E-state index in [-0.39, 0.29) is 6.54 Å². The number of alkyl halides is 3. The summed E-state index contributed by atoms with van der Waals surface area (Å²) in [7, 11) is 1.34. The van der Waals surface area contributed by atoms with Gasteiger partial charge in [0, 0.05) is 58.7 Å². The van der Waals surface area contributed by atoms with Gasteiger partial charge in [0.05, 0.1) is 6.42 Å². The van der Waals surface area contributed by atoms with E-state index in [2.05, 4.69) is 27.0 Å². The normalized spacial score (nSPS) is 17.8. The maximum Gasteiger partial charge on any atom is 0.425 e. The van der Waals surface area contributed by atoms with Crippen molar-refractivity contribution in [3.63, 3.8) is 0 Å². The van der Waals surface area contributed by atoms with Crippen LogP contribution in [0.25, 0.3) is 0 Å². The van der Waals surface area contributed by atoms with Gasteiger partial charge >= 0.3 is 6.18 Å².